The smallest absolute Gasteiger partial charge is 0.115 e. The van der Waals surface area contributed by atoms with Crippen molar-refractivity contribution in [2.24, 2.45) is 0 Å². The van der Waals surface area contributed by atoms with Gasteiger partial charge in [0.1, 0.15) is 36.6 Å². The lowest BCUT2D eigenvalue weighted by atomic mass is 9.96. The molecule has 8 nitrogen and oxygen atoms in total. The average molecular weight is 414 g/mol. The number of rotatable bonds is 3. The Morgan fingerprint density at radius 1 is 0.655 bits per heavy atom. The first-order chi connectivity index (χ1) is 13.6. The monoisotopic (exact) mass is 414 g/mol. The summed E-state index contributed by atoms with van der Waals surface area (Å²) in [4.78, 5) is 0. The molecule has 2 aliphatic rings. The lowest BCUT2D eigenvalue weighted by molar-refractivity contribution is -0.229. The van der Waals surface area contributed by atoms with Crippen LogP contribution in [0, 0.1) is 0 Å². The van der Waals surface area contributed by atoms with Crippen LogP contribution in [0.3, 0.4) is 0 Å². The van der Waals surface area contributed by atoms with Crippen molar-refractivity contribution in [2.75, 3.05) is 0 Å². The molecule has 2 heterocycles. The minimum absolute atomic E-state index is 0.329. The van der Waals surface area contributed by atoms with E-state index in [9.17, 15) is 25.5 Å². The maximum atomic E-state index is 9.99. The number of benzene rings is 1. The fourth-order valence-electron chi connectivity index (χ4n) is 3.46. The van der Waals surface area contributed by atoms with Gasteiger partial charge in [0.2, 0.25) is 0 Å². The average Bonchev–Trinajstić information content (AvgIpc) is 2.70. The topological polar surface area (TPSA) is 129 Å². The van der Waals surface area contributed by atoms with Crippen LogP contribution in [-0.4, -0.2) is 86.6 Å². The van der Waals surface area contributed by atoms with Crippen LogP contribution < -0.4 is 0 Å². The van der Waals surface area contributed by atoms with Crippen LogP contribution in [0.4, 0.5) is 0 Å². The van der Waals surface area contributed by atoms with Gasteiger partial charge in [-0.3, -0.25) is 0 Å². The second kappa shape index (κ2) is 10.8. The highest BCUT2D eigenvalue weighted by molar-refractivity contribution is 5.13. The highest BCUT2D eigenvalue weighted by Crippen LogP contribution is 2.24. The van der Waals surface area contributed by atoms with Crippen molar-refractivity contribution in [1.29, 1.82) is 0 Å². The van der Waals surface area contributed by atoms with Gasteiger partial charge in [-0.05, 0) is 33.3 Å². The summed E-state index contributed by atoms with van der Waals surface area (Å²) in [5.74, 6) is 0. The van der Waals surface area contributed by atoms with E-state index in [1.165, 1.54) is 0 Å². The molecule has 0 radical (unpaired) electrons. The van der Waals surface area contributed by atoms with Gasteiger partial charge in [-0.2, -0.15) is 0 Å². The molecule has 4 unspecified atom stereocenters. The molecule has 2 fully saturated rings. The van der Waals surface area contributed by atoms with Gasteiger partial charge in [-0.1, -0.05) is 30.3 Å². The quantitative estimate of drug-likeness (QED) is 0.467. The molecule has 166 valence electrons. The van der Waals surface area contributed by atoms with E-state index >= 15 is 0 Å². The molecule has 29 heavy (non-hydrogen) atoms. The number of aliphatic hydroxyl groups excluding tert-OH is 5. The van der Waals surface area contributed by atoms with Gasteiger partial charge >= 0.3 is 0 Å². The van der Waals surface area contributed by atoms with E-state index in [0.29, 0.717) is 6.61 Å². The molecule has 2 saturated heterocycles. The Hall–Kier alpha value is -1.10. The Balaban J connectivity index is 0.000000234. The second-order valence-corrected chi connectivity index (χ2v) is 7.81. The van der Waals surface area contributed by atoms with Gasteiger partial charge in [0, 0.05) is 0 Å². The number of ether oxygens (including phenoxy) is 3. The second-order valence-electron chi connectivity index (χ2n) is 7.81. The summed E-state index contributed by atoms with van der Waals surface area (Å²) in [7, 11) is 0. The van der Waals surface area contributed by atoms with Crippen molar-refractivity contribution in [3.63, 3.8) is 0 Å². The lowest BCUT2D eigenvalue weighted by Crippen LogP contribution is -2.56. The van der Waals surface area contributed by atoms with Gasteiger partial charge in [0.25, 0.3) is 0 Å². The summed E-state index contributed by atoms with van der Waals surface area (Å²) in [6, 6.07) is 9.70. The standard InChI is InChI=1S/C14H20O4.C7H14O4/c1-9-12(15)14(13(16)10(2)18-9)17-8-11-6-4-3-5-7-11;1-3-5(8)7(10)6(9)4(2)11-3/h3-7,9-10,12-16H,8H2,1-2H3;3-10H,1-2H3/t9-,10?,12-,13-,14?;3-,4?,5-,6-,7?/m00/s1. The Morgan fingerprint density at radius 2 is 1.07 bits per heavy atom. The van der Waals surface area contributed by atoms with Crippen molar-refractivity contribution in [2.45, 2.75) is 95.3 Å². The minimum atomic E-state index is -1.09. The molecular formula is C21H34O8. The molecule has 0 aromatic heterocycles. The first kappa shape index (κ1) is 24.2. The van der Waals surface area contributed by atoms with Crippen LogP contribution >= 0.6 is 0 Å². The van der Waals surface area contributed by atoms with Crippen LogP contribution in [0.25, 0.3) is 0 Å². The van der Waals surface area contributed by atoms with E-state index < -0.39 is 48.8 Å². The predicted octanol–water partition coefficient (Wildman–Crippen LogP) is -0.0229. The zero-order chi connectivity index (χ0) is 21.7. The van der Waals surface area contributed by atoms with Crippen LogP contribution in [-0.2, 0) is 20.8 Å². The fourth-order valence-corrected chi connectivity index (χ4v) is 3.46. The summed E-state index contributed by atoms with van der Waals surface area (Å²) in [6.45, 7) is 7.27. The molecule has 2 aliphatic heterocycles. The van der Waals surface area contributed by atoms with Crippen molar-refractivity contribution >= 4 is 0 Å². The molecule has 8 heteroatoms. The zero-order valence-electron chi connectivity index (χ0n) is 17.3. The molecular weight excluding hydrogens is 380 g/mol. The van der Waals surface area contributed by atoms with Crippen LogP contribution in [0.2, 0.25) is 0 Å². The molecule has 0 amide bonds. The van der Waals surface area contributed by atoms with Crippen molar-refractivity contribution in [3.05, 3.63) is 35.9 Å². The summed E-state index contributed by atoms with van der Waals surface area (Å²) in [5, 5.41) is 47.6. The van der Waals surface area contributed by atoms with E-state index in [0.717, 1.165) is 5.56 Å². The van der Waals surface area contributed by atoms with Crippen molar-refractivity contribution < 1.29 is 39.7 Å². The molecule has 0 bridgehead atoms. The first-order valence-corrected chi connectivity index (χ1v) is 10.00. The van der Waals surface area contributed by atoms with E-state index in [1.54, 1.807) is 27.7 Å². The minimum Gasteiger partial charge on any atom is -0.388 e. The number of aliphatic hydroxyl groups is 5. The predicted molar refractivity (Wildman–Crippen MR) is 105 cm³/mol. The van der Waals surface area contributed by atoms with Crippen LogP contribution in [0.1, 0.15) is 33.3 Å². The molecule has 10 atom stereocenters. The summed E-state index contributed by atoms with van der Waals surface area (Å²) >= 11 is 0. The Kier molecular flexibility index (Phi) is 8.99. The summed E-state index contributed by atoms with van der Waals surface area (Å²) in [5.41, 5.74) is 1.02. The Morgan fingerprint density at radius 3 is 1.52 bits per heavy atom. The van der Waals surface area contributed by atoms with Crippen molar-refractivity contribution in [1.82, 2.24) is 0 Å². The van der Waals surface area contributed by atoms with E-state index in [-0.39, 0.29) is 12.2 Å². The Bertz CT molecular complexity index is 572. The van der Waals surface area contributed by atoms with E-state index in [4.69, 9.17) is 14.2 Å². The third-order valence-electron chi connectivity index (χ3n) is 5.44. The number of hydrogen-bond acceptors (Lipinski definition) is 8. The largest absolute Gasteiger partial charge is 0.388 e. The summed E-state index contributed by atoms with van der Waals surface area (Å²) < 4.78 is 16.2. The highest BCUT2D eigenvalue weighted by Gasteiger charge is 2.41. The first-order valence-electron chi connectivity index (χ1n) is 10.00. The normalized spacial score (nSPS) is 42.7. The fraction of sp³-hybridized carbons (Fsp3) is 0.714. The Labute approximate surface area is 171 Å². The maximum absolute atomic E-state index is 9.99. The molecule has 1 aromatic rings. The molecule has 0 spiro atoms. The molecule has 1 aromatic carbocycles. The van der Waals surface area contributed by atoms with Crippen LogP contribution in [0.15, 0.2) is 30.3 Å². The maximum Gasteiger partial charge on any atom is 0.115 e. The SMILES string of the molecule is CC1O[C@@H](C)[C@H](O)C(O)[C@H]1O.CC1O[C@@H](C)[C@H](O)C(OCc2ccccc2)[C@H]1O. The van der Waals surface area contributed by atoms with Crippen LogP contribution in [0.5, 0.6) is 0 Å². The number of hydrogen-bond donors (Lipinski definition) is 5. The van der Waals surface area contributed by atoms with Gasteiger partial charge in [-0.15, -0.1) is 0 Å². The molecule has 0 aliphatic carbocycles. The van der Waals surface area contributed by atoms with E-state index in [2.05, 4.69) is 0 Å². The van der Waals surface area contributed by atoms with Gasteiger partial charge in [0.15, 0.2) is 0 Å². The van der Waals surface area contributed by atoms with Crippen molar-refractivity contribution in [3.8, 4) is 0 Å². The van der Waals surface area contributed by atoms with Gasteiger partial charge in [0.05, 0.1) is 31.0 Å². The molecule has 3 rings (SSSR count). The third kappa shape index (κ3) is 6.19. The summed E-state index contributed by atoms with van der Waals surface area (Å²) in [6.07, 6.45) is -6.76. The third-order valence-corrected chi connectivity index (χ3v) is 5.44. The molecule has 5 N–H and O–H groups in total. The van der Waals surface area contributed by atoms with Gasteiger partial charge < -0.3 is 39.7 Å². The van der Waals surface area contributed by atoms with E-state index in [1.807, 2.05) is 30.3 Å². The molecule has 0 saturated carbocycles. The zero-order valence-corrected chi connectivity index (χ0v) is 17.3. The van der Waals surface area contributed by atoms with Gasteiger partial charge in [-0.25, -0.2) is 0 Å². The highest BCUT2D eigenvalue weighted by atomic mass is 16.6. The lowest BCUT2D eigenvalue weighted by Gasteiger charge is -2.40.